The van der Waals surface area contributed by atoms with Crippen LogP contribution in [0.1, 0.15) is 12.8 Å². The van der Waals surface area contributed by atoms with Gasteiger partial charge in [-0.15, -0.1) is 0 Å². The van der Waals surface area contributed by atoms with Crippen molar-refractivity contribution in [2.24, 2.45) is 0 Å². The van der Waals surface area contributed by atoms with Crippen molar-refractivity contribution in [3.05, 3.63) is 85.0 Å². The van der Waals surface area contributed by atoms with Crippen LogP contribution in [0.5, 0.6) is 0 Å². The van der Waals surface area contributed by atoms with Gasteiger partial charge in [0.25, 0.3) is 0 Å². The molecule has 158 valence electrons. The van der Waals surface area contributed by atoms with E-state index in [1.807, 2.05) is 0 Å². The number of sulfone groups is 2. The van der Waals surface area contributed by atoms with Crippen LogP contribution in [0.15, 0.2) is 94.8 Å². The van der Waals surface area contributed by atoms with Gasteiger partial charge in [0.1, 0.15) is 5.60 Å². The molecule has 0 radical (unpaired) electrons. The molecule has 0 N–H and O–H groups in total. The summed E-state index contributed by atoms with van der Waals surface area (Å²) in [5.41, 5.74) is -1.05. The van der Waals surface area contributed by atoms with E-state index in [1.165, 1.54) is 55.7 Å². The Morgan fingerprint density at radius 1 is 0.800 bits per heavy atom. The van der Waals surface area contributed by atoms with E-state index in [9.17, 15) is 21.6 Å². The second-order valence-corrected chi connectivity index (χ2v) is 11.5. The first-order valence-electron chi connectivity index (χ1n) is 9.27. The Morgan fingerprint density at radius 3 is 1.63 bits per heavy atom. The fourth-order valence-electron chi connectivity index (χ4n) is 3.31. The Kier molecular flexibility index (Phi) is 6.40. The van der Waals surface area contributed by atoms with Gasteiger partial charge >= 0.3 is 0 Å². The van der Waals surface area contributed by atoms with E-state index in [1.54, 1.807) is 36.4 Å². The number of hydrogen-bond acceptors (Lipinski definition) is 6. The molecule has 1 aliphatic rings. The molecule has 0 unspecified atom stereocenters. The molecule has 0 fully saturated rings. The van der Waals surface area contributed by atoms with Crippen LogP contribution < -0.4 is 0 Å². The van der Waals surface area contributed by atoms with Crippen LogP contribution in [0.4, 0.5) is 0 Å². The van der Waals surface area contributed by atoms with E-state index < -0.39 is 29.9 Å². The molecule has 0 saturated heterocycles. The van der Waals surface area contributed by atoms with Crippen molar-refractivity contribution in [1.29, 1.82) is 0 Å². The van der Waals surface area contributed by atoms with Gasteiger partial charge in [0.2, 0.25) is 0 Å². The lowest BCUT2D eigenvalue weighted by molar-refractivity contribution is -0.110. The number of allylic oxidation sites excluding steroid dienone is 2. The average Bonchev–Trinajstić information content (AvgIpc) is 2.76. The third-order valence-electron chi connectivity index (χ3n) is 5.05. The summed E-state index contributed by atoms with van der Waals surface area (Å²) < 4.78 is 57.2. The monoisotopic (exact) mass is 446 g/mol. The van der Waals surface area contributed by atoms with Crippen LogP contribution in [0, 0.1) is 0 Å². The van der Waals surface area contributed by atoms with Crippen molar-refractivity contribution >= 4 is 25.5 Å². The number of ether oxygens (including phenoxy) is 1. The van der Waals surface area contributed by atoms with Crippen molar-refractivity contribution in [3.8, 4) is 0 Å². The van der Waals surface area contributed by atoms with Gasteiger partial charge in [-0.1, -0.05) is 36.4 Å². The zero-order valence-electron chi connectivity index (χ0n) is 16.3. The molecule has 0 spiro atoms. The summed E-state index contributed by atoms with van der Waals surface area (Å²) in [6.45, 7) is 0. The summed E-state index contributed by atoms with van der Waals surface area (Å²) in [6.07, 6.45) is 5.55. The van der Waals surface area contributed by atoms with Crippen molar-refractivity contribution < 1.29 is 26.4 Å². The smallest absolute Gasteiger partial charge is 0.195 e. The molecule has 6 nitrogen and oxygen atoms in total. The van der Waals surface area contributed by atoms with Crippen LogP contribution in [0.2, 0.25) is 0 Å². The van der Waals surface area contributed by atoms with E-state index in [0.717, 1.165) is 0 Å². The molecule has 0 amide bonds. The molecular formula is C22H22O6S2. The molecule has 1 aliphatic carbocycles. The molecule has 2 aromatic rings. The number of methoxy groups -OCH3 is 1. The number of carbonyl (C=O) groups excluding carboxylic acids is 1. The normalized spacial score (nSPS) is 16.1. The van der Waals surface area contributed by atoms with Crippen LogP contribution >= 0.6 is 0 Å². The van der Waals surface area contributed by atoms with Gasteiger partial charge in [-0.3, -0.25) is 4.79 Å². The van der Waals surface area contributed by atoms with E-state index in [2.05, 4.69) is 0 Å². The fraction of sp³-hybridized carbons (Fsp3) is 0.227. The summed E-state index contributed by atoms with van der Waals surface area (Å²) in [5.74, 6) is -0.215. The molecule has 0 aliphatic heterocycles. The Bertz CT molecular complexity index is 1080. The fourth-order valence-corrected chi connectivity index (χ4v) is 7.84. The number of rotatable bonds is 8. The highest BCUT2D eigenvalue weighted by Gasteiger charge is 2.41. The van der Waals surface area contributed by atoms with Gasteiger partial charge in [-0.2, -0.15) is 0 Å². The van der Waals surface area contributed by atoms with Gasteiger partial charge < -0.3 is 4.74 Å². The van der Waals surface area contributed by atoms with Gasteiger partial charge in [0.15, 0.2) is 30.0 Å². The Labute approximate surface area is 176 Å². The maximum atomic E-state index is 13.4. The first-order chi connectivity index (χ1) is 14.2. The van der Waals surface area contributed by atoms with Crippen molar-refractivity contribution in [1.82, 2.24) is 0 Å². The maximum absolute atomic E-state index is 13.4. The molecule has 2 aromatic carbocycles. The standard InChI is InChI=1S/C22H22O6S2/c1-28-22(15-12-18(23)13-16-22)17-14-21(29(24,25)19-8-4-2-5-9-19)30(26,27)20-10-6-3-7-11-20/h2-13,15-16,21H,14,17H2,1H3. The lowest BCUT2D eigenvalue weighted by atomic mass is 9.92. The lowest BCUT2D eigenvalue weighted by Crippen LogP contribution is -2.35. The van der Waals surface area contributed by atoms with Crippen molar-refractivity contribution in [2.75, 3.05) is 7.11 Å². The summed E-state index contributed by atoms with van der Waals surface area (Å²) in [5, 5.41) is 0. The van der Waals surface area contributed by atoms with E-state index in [0.29, 0.717) is 0 Å². The molecule has 0 bridgehead atoms. The predicted octanol–water partition coefficient (Wildman–Crippen LogP) is 3.12. The lowest BCUT2D eigenvalue weighted by Gasteiger charge is -2.29. The molecule has 8 heteroatoms. The van der Waals surface area contributed by atoms with E-state index in [-0.39, 0.29) is 28.4 Å². The topological polar surface area (TPSA) is 94.6 Å². The Morgan fingerprint density at radius 2 is 1.23 bits per heavy atom. The maximum Gasteiger partial charge on any atom is 0.195 e. The minimum Gasteiger partial charge on any atom is -0.370 e. The van der Waals surface area contributed by atoms with Crippen molar-refractivity contribution in [2.45, 2.75) is 32.8 Å². The Hall–Kier alpha value is -2.55. The number of carbonyl (C=O) groups is 1. The number of ketones is 1. The zero-order valence-corrected chi connectivity index (χ0v) is 18.0. The van der Waals surface area contributed by atoms with E-state index >= 15 is 0 Å². The summed E-state index contributed by atoms with van der Waals surface area (Å²) in [7, 11) is -7.00. The van der Waals surface area contributed by atoms with E-state index in [4.69, 9.17) is 4.74 Å². The van der Waals surface area contributed by atoms with Gasteiger partial charge in [-0.25, -0.2) is 16.8 Å². The third-order valence-corrected chi connectivity index (χ3v) is 10.3. The molecule has 0 saturated carbocycles. The van der Waals surface area contributed by atoms with Gasteiger partial charge in [0.05, 0.1) is 9.79 Å². The molecular weight excluding hydrogens is 424 g/mol. The summed E-state index contributed by atoms with van der Waals surface area (Å²) in [6, 6.07) is 15.1. The van der Waals surface area contributed by atoms with Crippen LogP contribution in [0.25, 0.3) is 0 Å². The highest BCUT2D eigenvalue weighted by molar-refractivity contribution is 8.09. The summed E-state index contributed by atoms with van der Waals surface area (Å²) in [4.78, 5) is 11.3. The minimum atomic E-state index is -4.21. The first kappa shape index (κ1) is 22.1. The second-order valence-electron chi connectivity index (χ2n) is 6.91. The largest absolute Gasteiger partial charge is 0.370 e. The predicted molar refractivity (Wildman–Crippen MR) is 113 cm³/mol. The van der Waals surface area contributed by atoms with Crippen molar-refractivity contribution in [3.63, 3.8) is 0 Å². The van der Waals surface area contributed by atoms with Crippen LogP contribution in [-0.4, -0.2) is 39.9 Å². The molecule has 0 atom stereocenters. The quantitative estimate of drug-likeness (QED) is 0.618. The molecule has 0 aromatic heterocycles. The number of hydrogen-bond donors (Lipinski definition) is 0. The van der Waals surface area contributed by atoms with Gasteiger partial charge in [-0.05, 0) is 61.4 Å². The van der Waals surface area contributed by atoms with Gasteiger partial charge in [0, 0.05) is 7.11 Å². The first-order valence-corrected chi connectivity index (χ1v) is 12.4. The highest BCUT2D eigenvalue weighted by atomic mass is 32.3. The molecule has 30 heavy (non-hydrogen) atoms. The average molecular weight is 447 g/mol. The zero-order chi connectivity index (χ0) is 21.8. The van der Waals surface area contributed by atoms with Crippen LogP contribution in [-0.2, 0) is 29.2 Å². The number of benzene rings is 2. The highest BCUT2D eigenvalue weighted by Crippen LogP contribution is 2.33. The minimum absolute atomic E-state index is 0.0621. The van der Waals surface area contributed by atoms with Crippen LogP contribution in [0.3, 0.4) is 0 Å². The second kappa shape index (κ2) is 8.67. The third kappa shape index (κ3) is 4.45. The molecule has 0 heterocycles. The SMILES string of the molecule is COC1(CCC(S(=O)(=O)c2ccccc2)S(=O)(=O)c2ccccc2)C=CC(=O)C=C1. The Balaban J connectivity index is 2.04. The molecule has 3 rings (SSSR count). The summed E-state index contributed by atoms with van der Waals surface area (Å²) >= 11 is 0.